The fraction of sp³-hybridized carbons (Fsp3) is 0.938. The second kappa shape index (κ2) is 11.0. The fourth-order valence-electron chi connectivity index (χ4n) is 2.80. The van der Waals surface area contributed by atoms with Gasteiger partial charge in [0.1, 0.15) is 24.4 Å². The van der Waals surface area contributed by atoms with Crippen LogP contribution >= 0.6 is 0 Å². The molecule has 0 radical (unpaired) electrons. The first-order valence-corrected chi connectivity index (χ1v) is 8.65. The molecule has 6 N–H and O–H groups in total. The van der Waals surface area contributed by atoms with Crippen LogP contribution in [0, 0.1) is 0 Å². The Hall–Kier alpha value is -0.810. The van der Waals surface area contributed by atoms with Crippen LogP contribution in [0.4, 0.5) is 0 Å². The topological polar surface area (TPSA) is 157 Å². The SMILES string of the molecule is CCCCC[C@@H](O)C[C@@H](CC(=O)O)O[C@@H]1O[C@@H](CO)[C@@H](O)[C@@H](O)[C@@H]1O. The number of carboxylic acids is 1. The second-order valence-electron chi connectivity index (χ2n) is 6.44. The molecular weight excluding hydrogens is 336 g/mol. The second-order valence-corrected chi connectivity index (χ2v) is 6.44. The van der Waals surface area contributed by atoms with E-state index in [4.69, 9.17) is 19.7 Å². The zero-order valence-corrected chi connectivity index (χ0v) is 14.4. The molecule has 1 fully saturated rings. The van der Waals surface area contributed by atoms with E-state index in [2.05, 4.69) is 0 Å². The Labute approximate surface area is 146 Å². The number of carbonyl (C=O) groups is 1. The van der Waals surface area contributed by atoms with Crippen LogP contribution in [-0.4, -0.2) is 86.1 Å². The number of carboxylic acid groups (broad SMARTS) is 1. The summed E-state index contributed by atoms with van der Waals surface area (Å²) < 4.78 is 10.7. The first-order chi connectivity index (χ1) is 11.8. The van der Waals surface area contributed by atoms with Gasteiger partial charge in [-0.2, -0.15) is 0 Å². The van der Waals surface area contributed by atoms with Gasteiger partial charge in [-0.1, -0.05) is 26.2 Å². The zero-order chi connectivity index (χ0) is 19.0. The minimum absolute atomic E-state index is 0.0328. The monoisotopic (exact) mass is 366 g/mol. The number of aliphatic carboxylic acids is 1. The number of hydrogen-bond acceptors (Lipinski definition) is 8. The highest BCUT2D eigenvalue weighted by molar-refractivity contribution is 5.67. The predicted octanol–water partition coefficient (Wildman–Crippen LogP) is -1.02. The molecule has 0 amide bonds. The van der Waals surface area contributed by atoms with Gasteiger partial charge >= 0.3 is 5.97 Å². The van der Waals surface area contributed by atoms with Gasteiger partial charge in [0.05, 0.1) is 25.2 Å². The van der Waals surface area contributed by atoms with Gasteiger partial charge in [-0.15, -0.1) is 0 Å². The molecule has 9 heteroatoms. The summed E-state index contributed by atoms with van der Waals surface area (Å²) in [6.45, 7) is 1.43. The maximum Gasteiger partial charge on any atom is 0.305 e. The van der Waals surface area contributed by atoms with E-state index in [-0.39, 0.29) is 6.42 Å². The highest BCUT2D eigenvalue weighted by Crippen LogP contribution is 2.25. The third-order valence-corrected chi connectivity index (χ3v) is 4.25. The molecule has 9 nitrogen and oxygen atoms in total. The van der Waals surface area contributed by atoms with Crippen LogP contribution in [0.3, 0.4) is 0 Å². The van der Waals surface area contributed by atoms with E-state index in [1.54, 1.807) is 0 Å². The molecule has 0 aromatic heterocycles. The molecule has 0 aromatic rings. The smallest absolute Gasteiger partial charge is 0.305 e. The maximum absolute atomic E-state index is 11.0. The summed E-state index contributed by atoms with van der Waals surface area (Å²) >= 11 is 0. The Bertz CT molecular complexity index is 390. The lowest BCUT2D eigenvalue weighted by atomic mass is 9.99. The molecule has 0 aromatic carbocycles. The number of rotatable bonds is 11. The van der Waals surface area contributed by atoms with E-state index >= 15 is 0 Å². The number of aliphatic hydroxyl groups is 5. The molecule has 0 aliphatic carbocycles. The molecule has 1 aliphatic rings. The summed E-state index contributed by atoms with van der Waals surface area (Å²) in [5, 5.41) is 57.7. The van der Waals surface area contributed by atoms with Gasteiger partial charge in [-0.05, 0) is 6.42 Å². The van der Waals surface area contributed by atoms with Crippen molar-refractivity contribution in [3.63, 3.8) is 0 Å². The number of ether oxygens (including phenoxy) is 2. The molecule has 1 aliphatic heterocycles. The molecule has 1 heterocycles. The van der Waals surface area contributed by atoms with Crippen molar-refractivity contribution in [2.24, 2.45) is 0 Å². The average molecular weight is 366 g/mol. The predicted molar refractivity (Wildman–Crippen MR) is 85.7 cm³/mol. The Morgan fingerprint density at radius 3 is 2.40 bits per heavy atom. The minimum Gasteiger partial charge on any atom is -0.481 e. The summed E-state index contributed by atoms with van der Waals surface area (Å²) in [4.78, 5) is 11.0. The Kier molecular flexibility index (Phi) is 9.80. The Morgan fingerprint density at radius 2 is 1.84 bits per heavy atom. The van der Waals surface area contributed by atoms with Gasteiger partial charge in [0.15, 0.2) is 6.29 Å². The minimum atomic E-state index is -1.61. The average Bonchev–Trinajstić information content (AvgIpc) is 2.55. The first-order valence-electron chi connectivity index (χ1n) is 8.65. The van der Waals surface area contributed by atoms with E-state index in [9.17, 15) is 25.2 Å². The quantitative estimate of drug-likeness (QED) is 0.252. The standard InChI is InChI=1S/C16H30O9/c1-2-3-4-5-9(18)6-10(7-12(19)20)24-16-15(23)14(22)13(21)11(8-17)25-16/h9-11,13-18,21-23H,2-8H2,1H3,(H,19,20)/t9-,10+,11+,13-,14-,15+,16-/m1/s1. The lowest BCUT2D eigenvalue weighted by Gasteiger charge is -2.40. The lowest BCUT2D eigenvalue weighted by Crippen LogP contribution is -2.59. The van der Waals surface area contributed by atoms with Crippen LogP contribution in [0.2, 0.25) is 0 Å². The summed E-state index contributed by atoms with van der Waals surface area (Å²) in [5.74, 6) is -1.14. The van der Waals surface area contributed by atoms with Crippen molar-refractivity contribution in [3.8, 4) is 0 Å². The van der Waals surface area contributed by atoms with Crippen LogP contribution in [0.1, 0.15) is 45.4 Å². The molecule has 7 atom stereocenters. The molecule has 1 saturated heterocycles. The van der Waals surface area contributed by atoms with Crippen molar-refractivity contribution in [1.82, 2.24) is 0 Å². The number of unbranched alkanes of at least 4 members (excludes halogenated alkanes) is 2. The largest absolute Gasteiger partial charge is 0.481 e. The van der Waals surface area contributed by atoms with E-state index in [1.165, 1.54) is 0 Å². The van der Waals surface area contributed by atoms with Crippen LogP contribution in [0.15, 0.2) is 0 Å². The van der Waals surface area contributed by atoms with Gasteiger partial charge in [0.25, 0.3) is 0 Å². The van der Waals surface area contributed by atoms with Crippen molar-refractivity contribution in [2.75, 3.05) is 6.61 Å². The van der Waals surface area contributed by atoms with E-state index in [0.717, 1.165) is 19.3 Å². The van der Waals surface area contributed by atoms with Crippen LogP contribution in [0.25, 0.3) is 0 Å². The summed E-state index contributed by atoms with van der Waals surface area (Å²) in [6, 6.07) is 0. The normalized spacial score (nSPS) is 32.3. The maximum atomic E-state index is 11.0. The van der Waals surface area contributed by atoms with Gasteiger partial charge in [-0.3, -0.25) is 4.79 Å². The third-order valence-electron chi connectivity index (χ3n) is 4.25. The zero-order valence-electron chi connectivity index (χ0n) is 14.4. The molecule has 148 valence electrons. The number of aliphatic hydroxyl groups excluding tert-OH is 5. The van der Waals surface area contributed by atoms with Crippen LogP contribution in [0.5, 0.6) is 0 Å². The van der Waals surface area contributed by atoms with Crippen LogP contribution < -0.4 is 0 Å². The van der Waals surface area contributed by atoms with Gasteiger partial charge in [0.2, 0.25) is 0 Å². The summed E-state index contributed by atoms with van der Waals surface area (Å²) in [7, 11) is 0. The third kappa shape index (κ3) is 7.14. The summed E-state index contributed by atoms with van der Waals surface area (Å²) in [6.07, 6.45) is -6.12. The van der Waals surface area contributed by atoms with E-state index < -0.39 is 61.9 Å². The summed E-state index contributed by atoms with van der Waals surface area (Å²) in [5.41, 5.74) is 0. The Balaban J connectivity index is 2.67. The molecule has 0 spiro atoms. The van der Waals surface area contributed by atoms with Gasteiger partial charge in [-0.25, -0.2) is 0 Å². The molecule has 0 unspecified atom stereocenters. The highest BCUT2D eigenvalue weighted by Gasteiger charge is 2.45. The Morgan fingerprint density at radius 1 is 1.16 bits per heavy atom. The van der Waals surface area contributed by atoms with Gasteiger partial charge in [0, 0.05) is 6.42 Å². The first kappa shape index (κ1) is 22.2. The fourth-order valence-corrected chi connectivity index (χ4v) is 2.80. The van der Waals surface area contributed by atoms with Crippen molar-refractivity contribution >= 4 is 5.97 Å². The van der Waals surface area contributed by atoms with Gasteiger partial charge < -0.3 is 40.1 Å². The van der Waals surface area contributed by atoms with E-state index in [1.807, 2.05) is 6.92 Å². The lowest BCUT2D eigenvalue weighted by molar-refractivity contribution is -0.312. The van der Waals surface area contributed by atoms with Crippen molar-refractivity contribution < 1.29 is 44.9 Å². The highest BCUT2D eigenvalue weighted by atomic mass is 16.7. The van der Waals surface area contributed by atoms with Crippen molar-refractivity contribution in [1.29, 1.82) is 0 Å². The number of hydrogen-bond donors (Lipinski definition) is 6. The molecule has 25 heavy (non-hydrogen) atoms. The molecule has 0 bridgehead atoms. The van der Waals surface area contributed by atoms with E-state index in [0.29, 0.717) is 6.42 Å². The van der Waals surface area contributed by atoms with Crippen molar-refractivity contribution in [3.05, 3.63) is 0 Å². The molecule has 0 saturated carbocycles. The molecule has 1 rings (SSSR count). The molecular formula is C16H30O9. The van der Waals surface area contributed by atoms with Crippen molar-refractivity contribution in [2.45, 2.75) is 88.4 Å². The van der Waals surface area contributed by atoms with Crippen LogP contribution in [-0.2, 0) is 14.3 Å².